The van der Waals surface area contributed by atoms with Crippen molar-refractivity contribution in [3.05, 3.63) is 23.5 Å². The number of hydrogen-bond donors (Lipinski definition) is 1. The van der Waals surface area contributed by atoms with Crippen LogP contribution in [0, 0.1) is 12.8 Å². The number of carbonyl (C=O) groups is 1. The summed E-state index contributed by atoms with van der Waals surface area (Å²) in [6.07, 6.45) is 1.52. The lowest BCUT2D eigenvalue weighted by molar-refractivity contribution is 0.0457. The van der Waals surface area contributed by atoms with Crippen LogP contribution in [0.3, 0.4) is 0 Å². The molecule has 0 atom stereocenters. The highest BCUT2D eigenvalue weighted by atomic mass is 16.5. The van der Waals surface area contributed by atoms with Crippen molar-refractivity contribution >= 4 is 11.7 Å². The van der Waals surface area contributed by atoms with Gasteiger partial charge >= 0.3 is 5.97 Å². The van der Waals surface area contributed by atoms with Gasteiger partial charge in [-0.3, -0.25) is 4.98 Å². The van der Waals surface area contributed by atoms with Crippen LogP contribution in [0.5, 0.6) is 0 Å². The Labute approximate surface area is 89.5 Å². The highest BCUT2D eigenvalue weighted by Crippen LogP contribution is 2.11. The van der Waals surface area contributed by atoms with E-state index < -0.39 is 0 Å². The Morgan fingerprint density at radius 2 is 2.27 bits per heavy atom. The summed E-state index contributed by atoms with van der Waals surface area (Å²) in [5.74, 6) is -0.0377. The largest absolute Gasteiger partial charge is 0.462 e. The summed E-state index contributed by atoms with van der Waals surface area (Å²) >= 11 is 0. The monoisotopic (exact) mass is 208 g/mol. The number of nitrogen functional groups attached to an aromatic ring is 1. The van der Waals surface area contributed by atoms with E-state index in [1.807, 2.05) is 13.8 Å². The molecule has 0 bridgehead atoms. The minimum atomic E-state index is -0.360. The van der Waals surface area contributed by atoms with Crippen molar-refractivity contribution in [2.24, 2.45) is 5.92 Å². The minimum absolute atomic E-state index is 0.322. The number of ether oxygens (including phenoxy) is 1. The number of aryl methyl sites for hydroxylation is 1. The van der Waals surface area contributed by atoms with Gasteiger partial charge in [-0.25, -0.2) is 4.79 Å². The van der Waals surface area contributed by atoms with Crippen LogP contribution in [-0.2, 0) is 4.74 Å². The quantitative estimate of drug-likeness (QED) is 0.769. The van der Waals surface area contributed by atoms with Gasteiger partial charge in [0.25, 0.3) is 0 Å². The number of aromatic nitrogens is 1. The number of carbonyl (C=O) groups excluding carboxylic acids is 1. The second-order valence-electron chi connectivity index (χ2n) is 3.89. The van der Waals surface area contributed by atoms with Gasteiger partial charge in [0.15, 0.2) is 0 Å². The van der Waals surface area contributed by atoms with E-state index >= 15 is 0 Å². The predicted octanol–water partition coefficient (Wildman–Crippen LogP) is 1.79. The Morgan fingerprint density at radius 1 is 1.60 bits per heavy atom. The van der Waals surface area contributed by atoms with Crippen LogP contribution in [0.4, 0.5) is 5.69 Å². The van der Waals surface area contributed by atoms with E-state index in [1.165, 1.54) is 6.20 Å². The van der Waals surface area contributed by atoms with Crippen LogP contribution < -0.4 is 5.73 Å². The Balaban J connectivity index is 2.77. The summed E-state index contributed by atoms with van der Waals surface area (Å²) in [6.45, 7) is 6.13. The fourth-order valence-electron chi connectivity index (χ4n) is 1.08. The lowest BCUT2D eigenvalue weighted by atomic mass is 10.2. The number of nitrogens with zero attached hydrogens (tertiary/aromatic N) is 1. The third-order valence-electron chi connectivity index (χ3n) is 1.88. The van der Waals surface area contributed by atoms with Gasteiger partial charge in [-0.05, 0) is 18.9 Å². The van der Waals surface area contributed by atoms with E-state index in [-0.39, 0.29) is 5.97 Å². The number of anilines is 1. The molecule has 0 radical (unpaired) electrons. The molecule has 0 aliphatic carbocycles. The second kappa shape index (κ2) is 4.77. The Kier molecular flexibility index (Phi) is 3.66. The summed E-state index contributed by atoms with van der Waals surface area (Å²) in [5.41, 5.74) is 7.10. The topological polar surface area (TPSA) is 65.2 Å². The van der Waals surface area contributed by atoms with Gasteiger partial charge in [0.1, 0.15) is 0 Å². The van der Waals surface area contributed by atoms with E-state index in [4.69, 9.17) is 10.5 Å². The van der Waals surface area contributed by atoms with Crippen LogP contribution in [0.25, 0.3) is 0 Å². The smallest absolute Gasteiger partial charge is 0.340 e. The molecule has 82 valence electrons. The average Bonchev–Trinajstić information content (AvgIpc) is 2.18. The standard InChI is InChI=1S/C11H16N2O2/c1-7(2)6-15-11(14)10-4-9(12)5-13-8(10)3/h4-5,7H,6,12H2,1-3H3. The second-order valence-corrected chi connectivity index (χ2v) is 3.89. The molecule has 0 unspecified atom stereocenters. The molecule has 0 spiro atoms. The zero-order valence-electron chi connectivity index (χ0n) is 9.28. The van der Waals surface area contributed by atoms with Crippen molar-refractivity contribution in [1.29, 1.82) is 0 Å². The molecule has 1 heterocycles. The van der Waals surface area contributed by atoms with Gasteiger partial charge in [0, 0.05) is 0 Å². The van der Waals surface area contributed by atoms with E-state index in [0.29, 0.717) is 29.5 Å². The summed E-state index contributed by atoms with van der Waals surface area (Å²) < 4.78 is 5.09. The van der Waals surface area contributed by atoms with Crippen molar-refractivity contribution < 1.29 is 9.53 Å². The normalized spacial score (nSPS) is 10.4. The van der Waals surface area contributed by atoms with Crippen LogP contribution in [-0.4, -0.2) is 17.6 Å². The van der Waals surface area contributed by atoms with Crippen molar-refractivity contribution in [2.75, 3.05) is 12.3 Å². The molecule has 1 aromatic heterocycles. The summed E-state index contributed by atoms with van der Waals surface area (Å²) in [7, 11) is 0. The van der Waals surface area contributed by atoms with Crippen molar-refractivity contribution in [3.8, 4) is 0 Å². The number of pyridine rings is 1. The Morgan fingerprint density at radius 3 is 2.87 bits per heavy atom. The minimum Gasteiger partial charge on any atom is -0.462 e. The molecule has 15 heavy (non-hydrogen) atoms. The van der Waals surface area contributed by atoms with Gasteiger partial charge < -0.3 is 10.5 Å². The molecule has 0 aliphatic heterocycles. The van der Waals surface area contributed by atoms with Crippen molar-refractivity contribution in [2.45, 2.75) is 20.8 Å². The maximum absolute atomic E-state index is 11.6. The molecular formula is C11H16N2O2. The highest BCUT2D eigenvalue weighted by Gasteiger charge is 2.12. The van der Waals surface area contributed by atoms with Crippen LogP contribution in [0.15, 0.2) is 12.3 Å². The molecule has 1 rings (SSSR count). The SMILES string of the molecule is Cc1ncc(N)cc1C(=O)OCC(C)C. The van der Waals surface area contributed by atoms with E-state index in [9.17, 15) is 4.79 Å². The van der Waals surface area contributed by atoms with Gasteiger partial charge in [-0.15, -0.1) is 0 Å². The molecule has 4 heteroatoms. The first-order valence-corrected chi connectivity index (χ1v) is 4.90. The lowest BCUT2D eigenvalue weighted by Gasteiger charge is -2.08. The summed E-state index contributed by atoms with van der Waals surface area (Å²) in [4.78, 5) is 15.6. The Hall–Kier alpha value is -1.58. The number of esters is 1. The number of hydrogen-bond acceptors (Lipinski definition) is 4. The predicted molar refractivity (Wildman–Crippen MR) is 58.5 cm³/mol. The number of rotatable bonds is 3. The molecular weight excluding hydrogens is 192 g/mol. The molecule has 4 nitrogen and oxygen atoms in total. The zero-order chi connectivity index (χ0) is 11.4. The average molecular weight is 208 g/mol. The summed E-state index contributed by atoms with van der Waals surface area (Å²) in [6, 6.07) is 1.59. The van der Waals surface area contributed by atoms with E-state index in [0.717, 1.165) is 0 Å². The van der Waals surface area contributed by atoms with E-state index in [2.05, 4.69) is 4.98 Å². The first-order chi connectivity index (χ1) is 7.00. The maximum Gasteiger partial charge on any atom is 0.340 e. The Bertz CT molecular complexity index is 362. The third-order valence-corrected chi connectivity index (χ3v) is 1.88. The highest BCUT2D eigenvalue weighted by molar-refractivity contribution is 5.91. The third kappa shape index (κ3) is 3.23. The molecule has 0 aliphatic rings. The first-order valence-electron chi connectivity index (χ1n) is 4.90. The molecule has 2 N–H and O–H groups in total. The molecule has 1 aromatic rings. The van der Waals surface area contributed by atoms with Crippen molar-refractivity contribution in [1.82, 2.24) is 4.98 Å². The molecule has 0 fully saturated rings. The van der Waals surface area contributed by atoms with Gasteiger partial charge in [-0.2, -0.15) is 0 Å². The van der Waals surface area contributed by atoms with Crippen LogP contribution in [0.1, 0.15) is 29.9 Å². The molecule has 0 aromatic carbocycles. The zero-order valence-corrected chi connectivity index (χ0v) is 9.28. The summed E-state index contributed by atoms with van der Waals surface area (Å²) in [5, 5.41) is 0. The molecule has 0 saturated heterocycles. The lowest BCUT2D eigenvalue weighted by Crippen LogP contribution is -2.12. The van der Waals surface area contributed by atoms with Crippen molar-refractivity contribution in [3.63, 3.8) is 0 Å². The first kappa shape index (κ1) is 11.5. The maximum atomic E-state index is 11.6. The van der Waals surface area contributed by atoms with Crippen LogP contribution in [0.2, 0.25) is 0 Å². The van der Waals surface area contributed by atoms with E-state index in [1.54, 1.807) is 13.0 Å². The fraction of sp³-hybridized carbons (Fsp3) is 0.455. The molecule has 0 saturated carbocycles. The van der Waals surface area contributed by atoms with Gasteiger partial charge in [0.05, 0.1) is 29.7 Å². The van der Waals surface area contributed by atoms with Crippen LogP contribution >= 0.6 is 0 Å². The molecule has 0 amide bonds. The fourth-order valence-corrected chi connectivity index (χ4v) is 1.08. The van der Waals surface area contributed by atoms with Gasteiger partial charge in [0.2, 0.25) is 0 Å². The number of nitrogens with two attached hydrogens (primary N) is 1. The van der Waals surface area contributed by atoms with Gasteiger partial charge in [-0.1, -0.05) is 13.8 Å².